The molecule has 0 radical (unpaired) electrons. The summed E-state index contributed by atoms with van der Waals surface area (Å²) in [4.78, 5) is 33.2. The number of aromatic carboxylic acids is 1. The smallest absolute Gasteiger partial charge is 0.335 e. The number of hydrogen-bond donors (Lipinski definition) is 2. The number of aliphatic hydroxyl groups excluding tert-OH is 1. The van der Waals surface area contributed by atoms with Gasteiger partial charge < -0.3 is 24.6 Å². The Kier molecular flexibility index (Phi) is 8.83. The SMILES string of the molecule is COc1cccc(-c2cnc3c(c2)C(=O)N([C@H](C)CO)C[C@H](C)[C@@H](CN(C)Cc2ccc(C(=O)O)cc2)O3)c1. The number of carboxylic acids is 1. The van der Waals surface area contributed by atoms with Gasteiger partial charge in [0, 0.05) is 37.3 Å². The highest BCUT2D eigenvalue weighted by Gasteiger charge is 2.34. The second-order valence-electron chi connectivity index (χ2n) is 10.1. The molecular formula is C30H35N3O6. The lowest BCUT2D eigenvalue weighted by atomic mass is 9.99. The van der Waals surface area contributed by atoms with E-state index in [1.807, 2.05) is 57.3 Å². The van der Waals surface area contributed by atoms with Gasteiger partial charge in [0.05, 0.1) is 25.3 Å². The van der Waals surface area contributed by atoms with Gasteiger partial charge in [-0.15, -0.1) is 0 Å². The maximum atomic E-state index is 13.7. The molecule has 9 nitrogen and oxygen atoms in total. The van der Waals surface area contributed by atoms with E-state index in [0.717, 1.165) is 16.7 Å². The van der Waals surface area contributed by atoms with Crippen LogP contribution in [0, 0.1) is 5.92 Å². The van der Waals surface area contributed by atoms with Crippen LogP contribution in [0.4, 0.5) is 0 Å². The van der Waals surface area contributed by atoms with E-state index in [0.29, 0.717) is 30.9 Å². The van der Waals surface area contributed by atoms with Crippen LogP contribution in [0.1, 0.15) is 40.1 Å². The Hall–Kier alpha value is -3.95. The van der Waals surface area contributed by atoms with Crippen LogP contribution in [-0.2, 0) is 6.54 Å². The normalized spacial score (nSPS) is 18.1. The number of carboxylic acid groups (broad SMARTS) is 1. The van der Waals surface area contributed by atoms with Crippen molar-refractivity contribution in [3.63, 3.8) is 0 Å². The molecule has 0 saturated carbocycles. The number of rotatable bonds is 9. The number of ether oxygens (including phenoxy) is 2. The van der Waals surface area contributed by atoms with Crippen molar-refractivity contribution in [2.24, 2.45) is 5.92 Å². The first kappa shape index (κ1) is 28.1. The predicted molar refractivity (Wildman–Crippen MR) is 147 cm³/mol. The number of carbonyl (C=O) groups excluding carboxylic acids is 1. The zero-order valence-electron chi connectivity index (χ0n) is 22.7. The zero-order valence-corrected chi connectivity index (χ0v) is 22.7. The summed E-state index contributed by atoms with van der Waals surface area (Å²) >= 11 is 0. The molecule has 39 heavy (non-hydrogen) atoms. The van der Waals surface area contributed by atoms with Gasteiger partial charge in [0.2, 0.25) is 5.88 Å². The van der Waals surface area contributed by atoms with E-state index in [-0.39, 0.29) is 42.0 Å². The summed E-state index contributed by atoms with van der Waals surface area (Å²) in [6.45, 7) is 5.26. The standard InChI is InChI=1S/C30H35N3O6/c1-19-15-33(20(2)18-34)29(35)26-13-24(23-6-5-7-25(12-23)38-4)14-31-28(26)39-27(19)17-32(3)16-21-8-10-22(11-9-21)30(36)37/h5-14,19-20,27,34H,15-18H2,1-4H3,(H,36,37)/t19-,20+,27+/m0/s1. The van der Waals surface area contributed by atoms with Gasteiger partial charge in [-0.2, -0.15) is 0 Å². The van der Waals surface area contributed by atoms with E-state index in [1.165, 1.54) is 0 Å². The van der Waals surface area contributed by atoms with Gasteiger partial charge >= 0.3 is 5.97 Å². The Morgan fingerprint density at radius 1 is 1.21 bits per heavy atom. The summed E-state index contributed by atoms with van der Waals surface area (Å²) in [5.74, 6) is -0.276. The van der Waals surface area contributed by atoms with E-state index < -0.39 is 5.97 Å². The molecule has 4 rings (SSSR count). The van der Waals surface area contributed by atoms with Crippen molar-refractivity contribution in [2.75, 3.05) is 33.9 Å². The highest BCUT2D eigenvalue weighted by Crippen LogP contribution is 2.31. The molecule has 2 aromatic carbocycles. The molecule has 1 aliphatic rings. The fourth-order valence-corrected chi connectivity index (χ4v) is 4.72. The lowest BCUT2D eigenvalue weighted by molar-refractivity contribution is 0.0325. The number of methoxy groups -OCH3 is 1. The summed E-state index contributed by atoms with van der Waals surface area (Å²) < 4.78 is 11.8. The Morgan fingerprint density at radius 2 is 1.95 bits per heavy atom. The topological polar surface area (TPSA) is 112 Å². The van der Waals surface area contributed by atoms with E-state index in [4.69, 9.17) is 14.6 Å². The van der Waals surface area contributed by atoms with Crippen LogP contribution in [-0.4, -0.2) is 82.9 Å². The molecule has 0 fully saturated rings. The molecular weight excluding hydrogens is 498 g/mol. The minimum absolute atomic E-state index is 0.0483. The van der Waals surface area contributed by atoms with Crippen LogP contribution in [0.2, 0.25) is 0 Å². The third-order valence-electron chi connectivity index (χ3n) is 7.07. The molecule has 206 valence electrons. The second kappa shape index (κ2) is 12.3. The van der Waals surface area contributed by atoms with E-state index in [1.54, 1.807) is 36.4 Å². The van der Waals surface area contributed by atoms with Gasteiger partial charge in [0.25, 0.3) is 5.91 Å². The second-order valence-corrected chi connectivity index (χ2v) is 10.1. The number of amides is 1. The van der Waals surface area contributed by atoms with Crippen molar-refractivity contribution in [3.8, 4) is 22.8 Å². The Bertz CT molecular complexity index is 1310. The molecule has 3 atom stereocenters. The van der Waals surface area contributed by atoms with E-state index in [2.05, 4.69) is 9.88 Å². The van der Waals surface area contributed by atoms with Crippen LogP contribution < -0.4 is 9.47 Å². The number of carbonyl (C=O) groups is 2. The minimum atomic E-state index is -0.955. The molecule has 0 aliphatic carbocycles. The van der Waals surface area contributed by atoms with Crippen molar-refractivity contribution in [1.82, 2.24) is 14.8 Å². The monoisotopic (exact) mass is 533 g/mol. The third-order valence-corrected chi connectivity index (χ3v) is 7.07. The van der Waals surface area contributed by atoms with E-state index in [9.17, 15) is 14.7 Å². The quantitative estimate of drug-likeness (QED) is 0.427. The molecule has 1 amide bonds. The van der Waals surface area contributed by atoms with Crippen molar-refractivity contribution in [1.29, 1.82) is 0 Å². The number of pyridine rings is 1. The molecule has 0 bridgehead atoms. The number of aliphatic hydroxyl groups is 1. The summed E-state index contributed by atoms with van der Waals surface area (Å²) in [6, 6.07) is 15.8. The van der Waals surface area contributed by atoms with Crippen molar-refractivity contribution in [2.45, 2.75) is 32.5 Å². The number of fused-ring (bicyclic) bond motifs is 1. The van der Waals surface area contributed by atoms with Gasteiger partial charge in [-0.25, -0.2) is 9.78 Å². The van der Waals surface area contributed by atoms with Crippen LogP contribution in [0.5, 0.6) is 11.6 Å². The third kappa shape index (κ3) is 6.55. The number of likely N-dealkylation sites (N-methyl/N-ethyl adjacent to an activating group) is 1. The highest BCUT2D eigenvalue weighted by atomic mass is 16.5. The number of benzene rings is 2. The van der Waals surface area contributed by atoms with Crippen molar-refractivity contribution < 1.29 is 29.3 Å². The predicted octanol–water partition coefficient (Wildman–Crippen LogP) is 3.81. The average molecular weight is 534 g/mol. The molecule has 0 unspecified atom stereocenters. The van der Waals surface area contributed by atoms with Crippen LogP contribution in [0.15, 0.2) is 60.8 Å². The largest absolute Gasteiger partial charge is 0.497 e. The first-order chi connectivity index (χ1) is 18.7. The van der Waals surface area contributed by atoms with Crippen molar-refractivity contribution >= 4 is 11.9 Å². The number of hydrogen-bond acceptors (Lipinski definition) is 7. The minimum Gasteiger partial charge on any atom is -0.497 e. The summed E-state index contributed by atoms with van der Waals surface area (Å²) in [7, 11) is 3.58. The van der Waals surface area contributed by atoms with Gasteiger partial charge in [0.1, 0.15) is 17.4 Å². The maximum Gasteiger partial charge on any atom is 0.335 e. The van der Waals surface area contributed by atoms with E-state index >= 15 is 0 Å². The molecule has 3 aromatic rings. The Balaban J connectivity index is 1.62. The van der Waals surface area contributed by atoms with Crippen LogP contribution in [0.25, 0.3) is 11.1 Å². The van der Waals surface area contributed by atoms with Gasteiger partial charge in [-0.1, -0.05) is 31.2 Å². The molecule has 2 N–H and O–H groups in total. The first-order valence-electron chi connectivity index (χ1n) is 12.9. The summed E-state index contributed by atoms with van der Waals surface area (Å²) in [5, 5.41) is 19.1. The fraction of sp³-hybridized carbons (Fsp3) is 0.367. The lowest BCUT2D eigenvalue weighted by Crippen LogP contribution is -2.49. The molecule has 2 heterocycles. The molecule has 0 spiro atoms. The maximum absolute atomic E-state index is 13.7. The summed E-state index contributed by atoms with van der Waals surface area (Å²) in [6.07, 6.45) is 1.40. The van der Waals surface area contributed by atoms with Gasteiger partial charge in [0.15, 0.2) is 0 Å². The first-order valence-corrected chi connectivity index (χ1v) is 12.9. The number of aromatic nitrogens is 1. The fourth-order valence-electron chi connectivity index (χ4n) is 4.72. The Labute approximate surface area is 228 Å². The van der Waals surface area contributed by atoms with Crippen LogP contribution in [0.3, 0.4) is 0 Å². The van der Waals surface area contributed by atoms with Crippen LogP contribution >= 0.6 is 0 Å². The number of nitrogens with zero attached hydrogens (tertiary/aromatic N) is 3. The lowest BCUT2D eigenvalue weighted by Gasteiger charge is -2.37. The Morgan fingerprint density at radius 3 is 2.62 bits per heavy atom. The van der Waals surface area contributed by atoms with Gasteiger partial charge in [-0.3, -0.25) is 9.69 Å². The highest BCUT2D eigenvalue weighted by molar-refractivity contribution is 5.98. The molecule has 1 aromatic heterocycles. The molecule has 1 aliphatic heterocycles. The molecule has 9 heteroatoms. The zero-order chi connectivity index (χ0) is 28.1. The van der Waals surface area contributed by atoms with Gasteiger partial charge in [-0.05, 0) is 55.4 Å². The molecule has 0 saturated heterocycles. The van der Waals surface area contributed by atoms with Crippen molar-refractivity contribution in [3.05, 3.63) is 77.5 Å². The summed E-state index contributed by atoms with van der Waals surface area (Å²) in [5.41, 5.74) is 3.19. The average Bonchev–Trinajstić information content (AvgIpc) is 2.94.